The number of ether oxygens (including phenoxy) is 1. The van der Waals surface area contributed by atoms with E-state index >= 15 is 0 Å². The second-order valence-corrected chi connectivity index (χ2v) is 3.70. The van der Waals surface area contributed by atoms with E-state index in [-0.39, 0.29) is 11.4 Å². The number of benzene rings is 1. The lowest BCUT2D eigenvalue weighted by Gasteiger charge is -2.33. The van der Waals surface area contributed by atoms with Crippen LogP contribution in [0.25, 0.3) is 0 Å². The summed E-state index contributed by atoms with van der Waals surface area (Å²) in [5, 5.41) is 11.2. The first-order valence-electron chi connectivity index (χ1n) is 4.64. The van der Waals surface area contributed by atoms with Gasteiger partial charge in [0, 0.05) is 0 Å². The highest BCUT2D eigenvalue weighted by atomic mass is 19.4. The molecule has 4 nitrogen and oxygen atoms in total. The normalized spacial score (nSPS) is 23.7. The van der Waals surface area contributed by atoms with Crippen LogP contribution < -0.4 is 10.1 Å². The summed E-state index contributed by atoms with van der Waals surface area (Å²) in [5.74, 6) is -5.71. The van der Waals surface area contributed by atoms with Gasteiger partial charge >= 0.3 is 17.9 Å². The quantitative estimate of drug-likeness (QED) is 0.731. The monoisotopic (exact) mass is 247 g/mol. The third-order valence-electron chi connectivity index (χ3n) is 2.33. The van der Waals surface area contributed by atoms with Gasteiger partial charge in [-0.05, 0) is 24.6 Å². The minimum atomic E-state index is -5.21. The number of carbonyl (C=O) groups excluding carboxylic acids is 1. The lowest BCUT2D eigenvalue weighted by molar-refractivity contribution is -0.316. The van der Waals surface area contributed by atoms with Crippen LogP contribution in [0, 0.1) is 6.92 Å². The molecule has 0 unspecified atom stereocenters. The summed E-state index contributed by atoms with van der Waals surface area (Å²) in [7, 11) is 0. The molecule has 1 aromatic carbocycles. The molecular formula is C10H8F3NO3. The number of aryl methyl sites for hydroxylation is 1. The second-order valence-electron chi connectivity index (χ2n) is 3.70. The van der Waals surface area contributed by atoms with E-state index in [0.717, 1.165) is 0 Å². The first-order chi connectivity index (χ1) is 7.74. The molecule has 0 fully saturated rings. The molecule has 0 radical (unpaired) electrons. The molecule has 1 aliphatic rings. The Balaban J connectivity index is 2.48. The van der Waals surface area contributed by atoms with Crippen LogP contribution in [0.4, 0.5) is 18.9 Å². The molecule has 1 aliphatic heterocycles. The Labute approximate surface area is 94.0 Å². The first kappa shape index (κ1) is 11.7. The molecular weight excluding hydrogens is 239 g/mol. The van der Waals surface area contributed by atoms with Crippen LogP contribution in [0.3, 0.4) is 0 Å². The molecule has 92 valence electrons. The van der Waals surface area contributed by atoms with E-state index in [2.05, 4.69) is 4.74 Å². The summed E-state index contributed by atoms with van der Waals surface area (Å²) in [4.78, 5) is 11.2. The van der Waals surface area contributed by atoms with Gasteiger partial charge in [0.2, 0.25) is 0 Å². The molecule has 1 heterocycles. The van der Waals surface area contributed by atoms with Crippen molar-refractivity contribution in [2.45, 2.75) is 18.9 Å². The average molecular weight is 247 g/mol. The zero-order valence-electron chi connectivity index (χ0n) is 8.63. The van der Waals surface area contributed by atoms with Crippen molar-refractivity contribution in [3.63, 3.8) is 0 Å². The molecule has 1 amide bonds. The van der Waals surface area contributed by atoms with Gasteiger partial charge in [-0.3, -0.25) is 4.79 Å². The highest BCUT2D eigenvalue weighted by molar-refractivity contribution is 6.00. The van der Waals surface area contributed by atoms with Gasteiger partial charge in [-0.25, -0.2) is 0 Å². The number of amides is 1. The Bertz CT molecular complexity index is 486. The molecule has 17 heavy (non-hydrogen) atoms. The van der Waals surface area contributed by atoms with E-state index in [4.69, 9.17) is 0 Å². The van der Waals surface area contributed by atoms with Crippen LogP contribution in [-0.4, -0.2) is 23.0 Å². The van der Waals surface area contributed by atoms with E-state index in [9.17, 15) is 23.1 Å². The third-order valence-corrected chi connectivity index (χ3v) is 2.33. The van der Waals surface area contributed by atoms with Gasteiger partial charge in [0.15, 0.2) is 0 Å². The molecule has 1 aromatic rings. The molecule has 1 atom stereocenters. The fraction of sp³-hybridized carbons (Fsp3) is 0.300. The lowest BCUT2D eigenvalue weighted by atomic mass is 10.1. The minimum Gasteiger partial charge on any atom is -0.444 e. The predicted molar refractivity (Wildman–Crippen MR) is 51.4 cm³/mol. The summed E-state index contributed by atoms with van der Waals surface area (Å²) in [6, 6.07) is 4.30. The Morgan fingerprint density at radius 2 is 2.06 bits per heavy atom. The van der Waals surface area contributed by atoms with Crippen molar-refractivity contribution in [3.8, 4) is 5.75 Å². The zero-order valence-corrected chi connectivity index (χ0v) is 8.63. The van der Waals surface area contributed by atoms with Crippen LogP contribution in [0.5, 0.6) is 5.75 Å². The summed E-state index contributed by atoms with van der Waals surface area (Å²) in [6.45, 7) is 1.65. The highest BCUT2D eigenvalue weighted by Crippen LogP contribution is 2.40. The summed E-state index contributed by atoms with van der Waals surface area (Å²) < 4.78 is 42.0. The second kappa shape index (κ2) is 3.36. The molecule has 0 aromatic heterocycles. The van der Waals surface area contributed by atoms with Gasteiger partial charge in [-0.1, -0.05) is 6.07 Å². The van der Waals surface area contributed by atoms with Crippen LogP contribution in [0.15, 0.2) is 18.2 Å². The summed E-state index contributed by atoms with van der Waals surface area (Å²) >= 11 is 0. The number of halogens is 3. The maximum Gasteiger partial charge on any atom is 0.465 e. The number of hydrogen-bond donors (Lipinski definition) is 2. The number of aliphatic hydroxyl groups is 1. The molecule has 2 N–H and O–H groups in total. The van der Waals surface area contributed by atoms with Gasteiger partial charge in [-0.15, -0.1) is 0 Å². The Morgan fingerprint density at radius 3 is 2.65 bits per heavy atom. The Kier molecular flexibility index (Phi) is 2.32. The summed E-state index contributed by atoms with van der Waals surface area (Å²) in [5.41, 5.74) is 0.735. The van der Waals surface area contributed by atoms with Crippen LogP contribution in [-0.2, 0) is 4.79 Å². The number of fused-ring (bicyclic) bond motifs is 1. The van der Waals surface area contributed by atoms with Gasteiger partial charge in [0.05, 0.1) is 5.69 Å². The molecule has 0 saturated heterocycles. The smallest absolute Gasteiger partial charge is 0.444 e. The SMILES string of the molecule is Cc1ccc2c(c1)O[C@](O)(C(F)(F)F)C(=O)N2. The van der Waals surface area contributed by atoms with E-state index < -0.39 is 17.9 Å². The number of hydrogen-bond acceptors (Lipinski definition) is 3. The van der Waals surface area contributed by atoms with Crippen molar-refractivity contribution in [3.05, 3.63) is 23.8 Å². The largest absolute Gasteiger partial charge is 0.465 e. The first-order valence-corrected chi connectivity index (χ1v) is 4.64. The number of rotatable bonds is 0. The molecule has 2 rings (SSSR count). The van der Waals surface area contributed by atoms with E-state index in [1.807, 2.05) is 5.32 Å². The van der Waals surface area contributed by atoms with Gasteiger partial charge in [0.1, 0.15) is 5.75 Å². The number of nitrogens with one attached hydrogen (secondary N) is 1. The molecule has 7 heteroatoms. The third kappa shape index (κ3) is 1.72. The predicted octanol–water partition coefficient (Wildman–Crippen LogP) is 1.58. The van der Waals surface area contributed by atoms with Gasteiger partial charge in [-0.2, -0.15) is 13.2 Å². The summed E-state index contributed by atoms with van der Waals surface area (Å²) in [6.07, 6.45) is -5.21. The Hall–Kier alpha value is -1.76. The maximum atomic E-state index is 12.5. The zero-order chi connectivity index (χ0) is 12.8. The lowest BCUT2D eigenvalue weighted by Crippen LogP contribution is -2.60. The van der Waals surface area contributed by atoms with E-state index in [1.165, 1.54) is 12.1 Å². The van der Waals surface area contributed by atoms with E-state index in [0.29, 0.717) is 5.56 Å². The van der Waals surface area contributed by atoms with Crippen molar-refractivity contribution in [2.75, 3.05) is 5.32 Å². The topological polar surface area (TPSA) is 58.6 Å². The van der Waals surface area contributed by atoms with Crippen LogP contribution >= 0.6 is 0 Å². The standard InChI is InChI=1S/C10H8F3NO3/c1-5-2-3-6-7(4-5)17-9(16,8(15)14-6)10(11,12)13/h2-4,16H,1H3,(H,14,15)/t9-/m0/s1. The van der Waals surface area contributed by atoms with Gasteiger partial charge < -0.3 is 15.2 Å². The van der Waals surface area contributed by atoms with Gasteiger partial charge in [0.25, 0.3) is 0 Å². The highest BCUT2D eigenvalue weighted by Gasteiger charge is 2.64. The fourth-order valence-corrected chi connectivity index (χ4v) is 1.42. The fourth-order valence-electron chi connectivity index (χ4n) is 1.42. The average Bonchev–Trinajstić information content (AvgIpc) is 2.18. The molecule has 0 bridgehead atoms. The van der Waals surface area contributed by atoms with Crippen molar-refractivity contribution < 1.29 is 27.8 Å². The van der Waals surface area contributed by atoms with Crippen molar-refractivity contribution in [1.82, 2.24) is 0 Å². The van der Waals surface area contributed by atoms with E-state index in [1.54, 1.807) is 13.0 Å². The number of carbonyl (C=O) groups is 1. The van der Waals surface area contributed by atoms with Crippen LogP contribution in [0.1, 0.15) is 5.56 Å². The minimum absolute atomic E-state index is 0.0922. The maximum absolute atomic E-state index is 12.5. The van der Waals surface area contributed by atoms with Crippen LogP contribution in [0.2, 0.25) is 0 Å². The van der Waals surface area contributed by atoms with Crippen molar-refractivity contribution in [2.24, 2.45) is 0 Å². The number of alkyl halides is 3. The molecule has 0 aliphatic carbocycles. The Morgan fingerprint density at radius 1 is 1.41 bits per heavy atom. The molecule has 0 saturated carbocycles. The van der Waals surface area contributed by atoms with Crippen molar-refractivity contribution >= 4 is 11.6 Å². The molecule has 0 spiro atoms. The van der Waals surface area contributed by atoms with Crippen molar-refractivity contribution in [1.29, 1.82) is 0 Å². The number of anilines is 1.